The minimum atomic E-state index is -0.821. The molecule has 0 spiro atoms. The molecule has 1 saturated heterocycles. The normalized spacial score (nSPS) is 25.1. The number of hydrogen-bond acceptors (Lipinski definition) is 2. The van der Waals surface area contributed by atoms with Crippen LogP contribution in [-0.4, -0.2) is 40.6 Å². The summed E-state index contributed by atoms with van der Waals surface area (Å²) in [5.41, 5.74) is -0.531. The lowest BCUT2D eigenvalue weighted by atomic mass is 9.79. The lowest BCUT2D eigenvalue weighted by Crippen LogP contribution is -2.54. The average molecular weight is 296 g/mol. The standard InChI is InChI=1S/C16H28N2O3/c1-12(2)13-6-9-18(11-13)15(21)17-16(10-14(19)20)7-4-3-5-8-16/h12-13H,3-11H2,1-2H3,(H,17,21)(H,19,20). The summed E-state index contributed by atoms with van der Waals surface area (Å²) >= 11 is 0. The van der Waals surface area contributed by atoms with Gasteiger partial charge in [0.1, 0.15) is 0 Å². The first-order valence-electron chi connectivity index (χ1n) is 8.21. The Labute approximate surface area is 127 Å². The molecule has 0 aromatic rings. The third-order valence-electron chi connectivity index (χ3n) is 5.13. The summed E-state index contributed by atoms with van der Waals surface area (Å²) < 4.78 is 0. The molecule has 1 atom stereocenters. The Morgan fingerprint density at radius 1 is 1.29 bits per heavy atom. The molecule has 1 aliphatic carbocycles. The maximum atomic E-state index is 12.5. The number of carboxylic acids is 1. The Balaban J connectivity index is 1.97. The molecule has 0 aromatic carbocycles. The SMILES string of the molecule is CC(C)C1CCN(C(=O)NC2(CC(=O)O)CCCCC2)C1. The smallest absolute Gasteiger partial charge is 0.317 e. The van der Waals surface area contributed by atoms with Crippen LogP contribution in [0.15, 0.2) is 0 Å². The highest BCUT2D eigenvalue weighted by atomic mass is 16.4. The van der Waals surface area contributed by atoms with Crippen molar-refractivity contribution in [2.45, 2.75) is 64.3 Å². The maximum Gasteiger partial charge on any atom is 0.317 e. The first kappa shape index (κ1) is 16.1. The summed E-state index contributed by atoms with van der Waals surface area (Å²) in [5, 5.41) is 12.2. The molecule has 1 saturated carbocycles. The van der Waals surface area contributed by atoms with E-state index in [4.69, 9.17) is 5.11 Å². The Bertz CT molecular complexity index is 389. The van der Waals surface area contributed by atoms with Gasteiger partial charge in [0.25, 0.3) is 0 Å². The zero-order valence-corrected chi connectivity index (χ0v) is 13.2. The Kier molecular flexibility index (Phi) is 5.12. The van der Waals surface area contributed by atoms with E-state index < -0.39 is 11.5 Å². The van der Waals surface area contributed by atoms with Gasteiger partial charge in [0.05, 0.1) is 12.0 Å². The molecule has 1 aliphatic heterocycles. The van der Waals surface area contributed by atoms with E-state index in [0.717, 1.165) is 51.6 Å². The quantitative estimate of drug-likeness (QED) is 0.838. The van der Waals surface area contributed by atoms with Gasteiger partial charge in [-0.2, -0.15) is 0 Å². The fourth-order valence-corrected chi connectivity index (χ4v) is 3.69. The van der Waals surface area contributed by atoms with Crippen molar-refractivity contribution in [2.24, 2.45) is 11.8 Å². The van der Waals surface area contributed by atoms with Crippen LogP contribution in [0.3, 0.4) is 0 Å². The van der Waals surface area contributed by atoms with Crippen molar-refractivity contribution < 1.29 is 14.7 Å². The second kappa shape index (κ2) is 6.67. The summed E-state index contributed by atoms with van der Waals surface area (Å²) in [6, 6.07) is -0.0682. The minimum Gasteiger partial charge on any atom is -0.481 e. The summed E-state index contributed by atoms with van der Waals surface area (Å²) in [5.74, 6) is 0.335. The van der Waals surface area contributed by atoms with Crippen LogP contribution in [0.5, 0.6) is 0 Å². The lowest BCUT2D eigenvalue weighted by molar-refractivity contribution is -0.139. The largest absolute Gasteiger partial charge is 0.481 e. The summed E-state index contributed by atoms with van der Waals surface area (Å²) in [6.45, 7) is 5.97. The average Bonchev–Trinajstić information content (AvgIpc) is 2.88. The number of urea groups is 1. The molecule has 2 fully saturated rings. The van der Waals surface area contributed by atoms with Crippen molar-refractivity contribution in [1.29, 1.82) is 0 Å². The van der Waals surface area contributed by atoms with E-state index >= 15 is 0 Å². The minimum absolute atomic E-state index is 0.0419. The topological polar surface area (TPSA) is 69.6 Å². The first-order valence-corrected chi connectivity index (χ1v) is 8.21. The second-order valence-electron chi connectivity index (χ2n) is 7.08. The Morgan fingerprint density at radius 3 is 2.48 bits per heavy atom. The molecule has 2 N–H and O–H groups in total. The molecule has 5 heteroatoms. The van der Waals surface area contributed by atoms with Crippen LogP contribution in [0.25, 0.3) is 0 Å². The number of carboxylic acid groups (broad SMARTS) is 1. The fraction of sp³-hybridized carbons (Fsp3) is 0.875. The third-order valence-corrected chi connectivity index (χ3v) is 5.13. The van der Waals surface area contributed by atoms with Gasteiger partial charge >= 0.3 is 12.0 Å². The molecule has 0 radical (unpaired) electrons. The molecule has 2 amide bonds. The number of carbonyl (C=O) groups excluding carboxylic acids is 1. The lowest BCUT2D eigenvalue weighted by Gasteiger charge is -2.38. The van der Waals surface area contributed by atoms with Gasteiger partial charge in [-0.3, -0.25) is 4.79 Å². The fourth-order valence-electron chi connectivity index (χ4n) is 3.69. The van der Waals surface area contributed by atoms with Crippen LogP contribution in [0, 0.1) is 11.8 Å². The van der Waals surface area contributed by atoms with E-state index in [9.17, 15) is 9.59 Å². The molecular weight excluding hydrogens is 268 g/mol. The van der Waals surface area contributed by atoms with Crippen molar-refractivity contribution in [1.82, 2.24) is 10.2 Å². The van der Waals surface area contributed by atoms with Gasteiger partial charge < -0.3 is 15.3 Å². The van der Waals surface area contributed by atoms with Crippen LogP contribution < -0.4 is 5.32 Å². The van der Waals surface area contributed by atoms with E-state index in [2.05, 4.69) is 19.2 Å². The van der Waals surface area contributed by atoms with Gasteiger partial charge in [-0.05, 0) is 31.1 Å². The molecule has 0 aromatic heterocycles. The van der Waals surface area contributed by atoms with Crippen LogP contribution >= 0.6 is 0 Å². The zero-order valence-electron chi connectivity index (χ0n) is 13.2. The molecule has 2 rings (SSSR count). The third kappa shape index (κ3) is 4.11. The van der Waals surface area contributed by atoms with Crippen LogP contribution in [-0.2, 0) is 4.79 Å². The van der Waals surface area contributed by atoms with E-state index in [1.54, 1.807) is 0 Å². The predicted octanol–water partition coefficient (Wildman–Crippen LogP) is 2.85. The molecule has 120 valence electrons. The molecule has 1 unspecified atom stereocenters. The van der Waals surface area contributed by atoms with E-state index in [-0.39, 0.29) is 12.5 Å². The maximum absolute atomic E-state index is 12.5. The first-order chi connectivity index (χ1) is 9.92. The van der Waals surface area contributed by atoms with E-state index in [0.29, 0.717) is 11.8 Å². The summed E-state index contributed by atoms with van der Waals surface area (Å²) in [4.78, 5) is 25.5. The molecule has 2 aliphatic rings. The van der Waals surface area contributed by atoms with E-state index in [1.165, 1.54) is 0 Å². The number of nitrogens with zero attached hydrogens (tertiary/aromatic N) is 1. The molecular formula is C16H28N2O3. The number of aliphatic carboxylic acids is 1. The summed E-state index contributed by atoms with van der Waals surface area (Å²) in [7, 11) is 0. The molecule has 21 heavy (non-hydrogen) atoms. The highest BCUT2D eigenvalue weighted by molar-refractivity contribution is 5.77. The predicted molar refractivity (Wildman–Crippen MR) is 81.1 cm³/mol. The Morgan fingerprint density at radius 2 is 1.95 bits per heavy atom. The number of carbonyl (C=O) groups is 2. The van der Waals surface area contributed by atoms with Gasteiger partial charge in [-0.25, -0.2) is 4.79 Å². The van der Waals surface area contributed by atoms with Crippen LogP contribution in [0.1, 0.15) is 58.8 Å². The highest BCUT2D eigenvalue weighted by Gasteiger charge is 2.38. The van der Waals surface area contributed by atoms with Gasteiger partial charge in [0.2, 0.25) is 0 Å². The number of amides is 2. The monoisotopic (exact) mass is 296 g/mol. The van der Waals surface area contributed by atoms with Crippen molar-refractivity contribution in [3.8, 4) is 0 Å². The molecule has 1 heterocycles. The van der Waals surface area contributed by atoms with Crippen molar-refractivity contribution in [2.75, 3.05) is 13.1 Å². The highest BCUT2D eigenvalue weighted by Crippen LogP contribution is 2.32. The number of likely N-dealkylation sites (tertiary alicyclic amines) is 1. The number of rotatable bonds is 4. The second-order valence-corrected chi connectivity index (χ2v) is 7.08. The van der Waals surface area contributed by atoms with Crippen molar-refractivity contribution in [3.63, 3.8) is 0 Å². The van der Waals surface area contributed by atoms with Gasteiger partial charge in [0.15, 0.2) is 0 Å². The van der Waals surface area contributed by atoms with Crippen LogP contribution in [0.2, 0.25) is 0 Å². The number of nitrogens with one attached hydrogen (secondary N) is 1. The van der Waals surface area contributed by atoms with E-state index in [1.807, 2.05) is 4.90 Å². The zero-order chi connectivity index (χ0) is 15.5. The number of hydrogen-bond donors (Lipinski definition) is 2. The van der Waals surface area contributed by atoms with Crippen LogP contribution in [0.4, 0.5) is 4.79 Å². The van der Waals surface area contributed by atoms with Crippen molar-refractivity contribution >= 4 is 12.0 Å². The molecule has 5 nitrogen and oxygen atoms in total. The van der Waals surface area contributed by atoms with Gasteiger partial charge in [-0.1, -0.05) is 33.1 Å². The van der Waals surface area contributed by atoms with Gasteiger partial charge in [0, 0.05) is 13.1 Å². The molecule has 0 bridgehead atoms. The summed E-state index contributed by atoms with van der Waals surface area (Å²) in [6.07, 6.45) is 5.80. The Hall–Kier alpha value is -1.26. The van der Waals surface area contributed by atoms with Gasteiger partial charge in [-0.15, -0.1) is 0 Å². The van der Waals surface area contributed by atoms with Crippen molar-refractivity contribution in [3.05, 3.63) is 0 Å².